The molecule has 2 amide bonds. The summed E-state index contributed by atoms with van der Waals surface area (Å²) in [6, 6.07) is 3.85. The van der Waals surface area contributed by atoms with Crippen LogP contribution in [0.2, 0.25) is 0 Å². The van der Waals surface area contributed by atoms with Gasteiger partial charge in [0, 0.05) is 18.9 Å². The van der Waals surface area contributed by atoms with Crippen LogP contribution in [-0.4, -0.2) is 18.4 Å². The predicted octanol–water partition coefficient (Wildman–Crippen LogP) is 2.49. The molecule has 0 radical (unpaired) electrons. The lowest BCUT2D eigenvalue weighted by Gasteiger charge is -2.16. The number of carbonyl (C=O) groups excluding carboxylic acids is 2. The molecule has 0 aliphatic rings. The van der Waals surface area contributed by atoms with Gasteiger partial charge in [0.25, 0.3) is 0 Å². The standard InChI is InChI=1S/C15H22FN3O2/c1-3-10(4-2)15(21)19-12-6-5-11(16)9-13(12)18-14(20)7-8-17/h5-6,9-10H,3-4,7-8,17H2,1-2H3,(H,18,20)(H,19,21). The van der Waals surface area contributed by atoms with Crippen molar-refractivity contribution in [2.24, 2.45) is 11.7 Å². The molecular weight excluding hydrogens is 273 g/mol. The minimum Gasteiger partial charge on any atom is -0.330 e. The van der Waals surface area contributed by atoms with Crippen LogP contribution in [0.25, 0.3) is 0 Å². The normalized spacial score (nSPS) is 10.5. The van der Waals surface area contributed by atoms with Gasteiger partial charge in [0.15, 0.2) is 0 Å². The van der Waals surface area contributed by atoms with Gasteiger partial charge in [-0.1, -0.05) is 13.8 Å². The summed E-state index contributed by atoms with van der Waals surface area (Å²) in [5.41, 5.74) is 5.93. The van der Waals surface area contributed by atoms with E-state index in [4.69, 9.17) is 5.73 Å². The first-order valence-corrected chi connectivity index (χ1v) is 7.12. The zero-order chi connectivity index (χ0) is 15.8. The van der Waals surface area contributed by atoms with Crippen LogP contribution < -0.4 is 16.4 Å². The van der Waals surface area contributed by atoms with Crippen LogP contribution in [0.5, 0.6) is 0 Å². The fourth-order valence-corrected chi connectivity index (χ4v) is 1.97. The highest BCUT2D eigenvalue weighted by molar-refractivity contribution is 6.00. The zero-order valence-corrected chi connectivity index (χ0v) is 12.4. The maximum absolute atomic E-state index is 13.3. The fraction of sp³-hybridized carbons (Fsp3) is 0.467. The Kier molecular flexibility index (Phi) is 6.81. The molecule has 1 rings (SSSR count). The monoisotopic (exact) mass is 295 g/mol. The van der Waals surface area contributed by atoms with Gasteiger partial charge in [0.1, 0.15) is 5.82 Å². The lowest BCUT2D eigenvalue weighted by Crippen LogP contribution is -2.23. The minimum atomic E-state index is -0.487. The molecule has 0 aromatic heterocycles. The van der Waals surface area contributed by atoms with Gasteiger partial charge in [-0.25, -0.2) is 4.39 Å². The Hall–Kier alpha value is -1.95. The molecular formula is C15H22FN3O2. The van der Waals surface area contributed by atoms with Gasteiger partial charge < -0.3 is 16.4 Å². The Morgan fingerprint density at radius 2 is 1.86 bits per heavy atom. The summed E-state index contributed by atoms with van der Waals surface area (Å²) >= 11 is 0. The van der Waals surface area contributed by atoms with E-state index in [2.05, 4.69) is 10.6 Å². The molecule has 0 bridgehead atoms. The Morgan fingerprint density at radius 3 is 2.43 bits per heavy atom. The Balaban J connectivity index is 2.91. The summed E-state index contributed by atoms with van der Waals surface area (Å²) in [4.78, 5) is 23.7. The lowest BCUT2D eigenvalue weighted by atomic mass is 10.0. The quantitative estimate of drug-likeness (QED) is 0.722. The zero-order valence-electron chi connectivity index (χ0n) is 12.4. The van der Waals surface area contributed by atoms with Crippen LogP contribution in [0, 0.1) is 11.7 Å². The molecule has 1 aromatic rings. The summed E-state index contributed by atoms with van der Waals surface area (Å²) < 4.78 is 13.3. The summed E-state index contributed by atoms with van der Waals surface area (Å²) in [5.74, 6) is -1.05. The van der Waals surface area contributed by atoms with Crippen molar-refractivity contribution in [3.63, 3.8) is 0 Å². The van der Waals surface area contributed by atoms with E-state index in [1.165, 1.54) is 18.2 Å². The van der Waals surface area contributed by atoms with Crippen molar-refractivity contribution in [1.82, 2.24) is 0 Å². The number of hydrogen-bond donors (Lipinski definition) is 3. The average molecular weight is 295 g/mol. The second-order valence-electron chi connectivity index (χ2n) is 4.78. The molecule has 4 N–H and O–H groups in total. The summed E-state index contributed by atoms with van der Waals surface area (Å²) in [7, 11) is 0. The molecule has 0 heterocycles. The van der Waals surface area contributed by atoms with Crippen LogP contribution in [0.4, 0.5) is 15.8 Å². The third-order valence-electron chi connectivity index (χ3n) is 3.24. The van der Waals surface area contributed by atoms with Gasteiger partial charge in [-0.15, -0.1) is 0 Å². The van der Waals surface area contributed by atoms with E-state index >= 15 is 0 Å². The smallest absolute Gasteiger partial charge is 0.227 e. The van der Waals surface area contributed by atoms with Gasteiger partial charge in [-0.2, -0.15) is 0 Å². The van der Waals surface area contributed by atoms with Gasteiger partial charge in [-0.3, -0.25) is 9.59 Å². The van der Waals surface area contributed by atoms with Crippen molar-refractivity contribution in [1.29, 1.82) is 0 Å². The highest BCUT2D eigenvalue weighted by atomic mass is 19.1. The number of amides is 2. The molecule has 21 heavy (non-hydrogen) atoms. The minimum absolute atomic E-state index is 0.109. The first-order chi connectivity index (χ1) is 10.0. The summed E-state index contributed by atoms with van der Waals surface area (Å²) in [6.45, 7) is 4.07. The largest absolute Gasteiger partial charge is 0.330 e. The van der Waals surface area contributed by atoms with Crippen LogP contribution in [0.15, 0.2) is 18.2 Å². The van der Waals surface area contributed by atoms with Crippen LogP contribution in [-0.2, 0) is 9.59 Å². The Bertz CT molecular complexity index is 502. The number of carbonyl (C=O) groups is 2. The molecule has 0 spiro atoms. The Labute approximate surface area is 124 Å². The second kappa shape index (κ2) is 8.36. The molecule has 0 aliphatic heterocycles. The third kappa shape index (κ3) is 5.15. The van der Waals surface area contributed by atoms with E-state index in [9.17, 15) is 14.0 Å². The highest BCUT2D eigenvalue weighted by Gasteiger charge is 2.16. The number of rotatable bonds is 7. The van der Waals surface area contributed by atoms with E-state index in [0.29, 0.717) is 5.69 Å². The Morgan fingerprint density at radius 1 is 1.19 bits per heavy atom. The van der Waals surface area contributed by atoms with Crippen LogP contribution in [0.1, 0.15) is 33.1 Å². The molecule has 0 aliphatic carbocycles. The van der Waals surface area contributed by atoms with Gasteiger partial charge in [0.05, 0.1) is 11.4 Å². The van der Waals surface area contributed by atoms with E-state index in [1.807, 2.05) is 13.8 Å². The molecule has 6 heteroatoms. The molecule has 0 saturated heterocycles. The SMILES string of the molecule is CCC(CC)C(=O)Nc1ccc(F)cc1NC(=O)CCN. The highest BCUT2D eigenvalue weighted by Crippen LogP contribution is 2.24. The number of hydrogen-bond acceptors (Lipinski definition) is 3. The first-order valence-electron chi connectivity index (χ1n) is 7.12. The van der Waals surface area contributed by atoms with Crippen molar-refractivity contribution < 1.29 is 14.0 Å². The maximum atomic E-state index is 13.3. The number of halogens is 1. The molecule has 0 atom stereocenters. The molecule has 0 unspecified atom stereocenters. The second-order valence-corrected chi connectivity index (χ2v) is 4.78. The van der Waals surface area contributed by atoms with E-state index in [-0.39, 0.29) is 36.4 Å². The number of nitrogens with one attached hydrogen (secondary N) is 2. The van der Waals surface area contributed by atoms with E-state index < -0.39 is 5.82 Å². The van der Waals surface area contributed by atoms with Crippen molar-refractivity contribution in [3.8, 4) is 0 Å². The lowest BCUT2D eigenvalue weighted by molar-refractivity contribution is -0.120. The van der Waals surface area contributed by atoms with Gasteiger partial charge >= 0.3 is 0 Å². The van der Waals surface area contributed by atoms with Crippen molar-refractivity contribution in [3.05, 3.63) is 24.0 Å². The van der Waals surface area contributed by atoms with Gasteiger partial charge in [0.2, 0.25) is 11.8 Å². The fourth-order valence-electron chi connectivity index (χ4n) is 1.97. The molecule has 5 nitrogen and oxygen atoms in total. The van der Waals surface area contributed by atoms with E-state index in [1.54, 1.807) is 0 Å². The van der Waals surface area contributed by atoms with Crippen molar-refractivity contribution >= 4 is 23.2 Å². The maximum Gasteiger partial charge on any atom is 0.227 e. The number of nitrogens with two attached hydrogens (primary N) is 1. The molecule has 116 valence electrons. The van der Waals surface area contributed by atoms with Crippen molar-refractivity contribution in [2.45, 2.75) is 33.1 Å². The third-order valence-corrected chi connectivity index (χ3v) is 3.24. The van der Waals surface area contributed by atoms with Crippen LogP contribution in [0.3, 0.4) is 0 Å². The number of anilines is 2. The molecule has 0 fully saturated rings. The molecule has 1 aromatic carbocycles. The van der Waals surface area contributed by atoms with Crippen molar-refractivity contribution in [2.75, 3.05) is 17.2 Å². The predicted molar refractivity (Wildman–Crippen MR) is 81.4 cm³/mol. The number of benzene rings is 1. The average Bonchev–Trinajstić information content (AvgIpc) is 2.43. The first kappa shape index (κ1) is 17.1. The van der Waals surface area contributed by atoms with E-state index in [0.717, 1.165) is 12.8 Å². The molecule has 0 saturated carbocycles. The summed E-state index contributed by atoms with van der Waals surface area (Å²) in [6.07, 6.45) is 1.58. The topological polar surface area (TPSA) is 84.2 Å². The van der Waals surface area contributed by atoms with Gasteiger partial charge in [-0.05, 0) is 31.0 Å². The van der Waals surface area contributed by atoms with Crippen LogP contribution >= 0.6 is 0 Å². The summed E-state index contributed by atoms with van der Waals surface area (Å²) in [5, 5.41) is 5.29.